The molecule has 0 saturated carbocycles. The van der Waals surface area contributed by atoms with Gasteiger partial charge in [-0.2, -0.15) is 0 Å². The van der Waals surface area contributed by atoms with E-state index in [4.69, 9.17) is 0 Å². The quantitative estimate of drug-likeness (QED) is 0.709. The van der Waals surface area contributed by atoms with E-state index >= 15 is 0 Å². The Morgan fingerprint density at radius 3 is 2.89 bits per heavy atom. The zero-order valence-corrected chi connectivity index (χ0v) is 10.9. The van der Waals surface area contributed by atoms with Crippen LogP contribution in [0.3, 0.4) is 0 Å². The molecule has 1 aromatic carbocycles. The first kappa shape index (κ1) is 13.2. The average Bonchev–Trinajstić information content (AvgIpc) is 2.35. The van der Waals surface area contributed by atoms with Crippen LogP contribution in [0.5, 0.6) is 11.5 Å². The highest BCUT2D eigenvalue weighted by atomic mass is 16.3. The molecule has 0 aromatic heterocycles. The number of hydrogen-bond donors (Lipinski definition) is 3. The third-order valence-electron chi connectivity index (χ3n) is 3.54. The van der Waals surface area contributed by atoms with Crippen LogP contribution in [0.25, 0.3) is 0 Å². The van der Waals surface area contributed by atoms with Crippen LogP contribution in [0.2, 0.25) is 0 Å². The van der Waals surface area contributed by atoms with E-state index in [-0.39, 0.29) is 11.5 Å². The molecule has 1 atom stereocenters. The molecule has 1 aromatic rings. The smallest absolute Gasteiger partial charge is 0.157 e. The van der Waals surface area contributed by atoms with Crippen molar-refractivity contribution in [3.05, 3.63) is 23.8 Å². The molecule has 1 fully saturated rings. The molecule has 1 unspecified atom stereocenters. The standard InChI is InChI=1S/C14H22N2O2/c1-15-8-12-3-2-6-16(10-12)9-11-4-5-13(17)14(18)7-11/h4-5,7,12,15,17-18H,2-3,6,8-10H2,1H3. The van der Waals surface area contributed by atoms with Crippen LogP contribution in [0.15, 0.2) is 18.2 Å². The number of likely N-dealkylation sites (tertiary alicyclic amines) is 1. The van der Waals surface area contributed by atoms with E-state index in [1.807, 2.05) is 13.1 Å². The summed E-state index contributed by atoms with van der Waals surface area (Å²) in [7, 11) is 2.00. The number of rotatable bonds is 4. The van der Waals surface area contributed by atoms with Crippen LogP contribution >= 0.6 is 0 Å². The van der Waals surface area contributed by atoms with E-state index < -0.39 is 0 Å². The lowest BCUT2D eigenvalue weighted by atomic mass is 9.97. The maximum absolute atomic E-state index is 9.49. The van der Waals surface area contributed by atoms with E-state index in [0.717, 1.165) is 37.7 Å². The minimum atomic E-state index is -0.0505. The summed E-state index contributed by atoms with van der Waals surface area (Å²) in [5.41, 5.74) is 1.05. The number of nitrogens with zero attached hydrogens (tertiary/aromatic N) is 1. The van der Waals surface area contributed by atoms with Gasteiger partial charge in [0.1, 0.15) is 0 Å². The van der Waals surface area contributed by atoms with E-state index in [1.54, 1.807) is 12.1 Å². The summed E-state index contributed by atoms with van der Waals surface area (Å²) in [6, 6.07) is 5.08. The Morgan fingerprint density at radius 1 is 1.33 bits per heavy atom. The number of benzene rings is 1. The first-order chi connectivity index (χ1) is 8.69. The first-order valence-corrected chi connectivity index (χ1v) is 6.57. The lowest BCUT2D eigenvalue weighted by Crippen LogP contribution is -2.38. The number of phenolic OH excluding ortho intramolecular Hbond substituents is 2. The molecular formula is C14H22N2O2. The molecule has 4 nitrogen and oxygen atoms in total. The summed E-state index contributed by atoms with van der Waals surface area (Å²) in [6.45, 7) is 4.12. The van der Waals surface area contributed by atoms with Crippen LogP contribution in [0.4, 0.5) is 0 Å². The van der Waals surface area contributed by atoms with Crippen LogP contribution in [0, 0.1) is 5.92 Å². The lowest BCUT2D eigenvalue weighted by molar-refractivity contribution is 0.166. The summed E-state index contributed by atoms with van der Waals surface area (Å²) in [5.74, 6) is 0.635. The zero-order chi connectivity index (χ0) is 13.0. The predicted molar refractivity (Wildman–Crippen MR) is 71.7 cm³/mol. The topological polar surface area (TPSA) is 55.7 Å². The molecule has 0 radical (unpaired) electrons. The molecule has 0 bridgehead atoms. The summed E-state index contributed by atoms with van der Waals surface area (Å²) < 4.78 is 0. The Morgan fingerprint density at radius 2 is 2.17 bits per heavy atom. The minimum absolute atomic E-state index is 0.0312. The van der Waals surface area contributed by atoms with E-state index in [1.165, 1.54) is 12.8 Å². The maximum Gasteiger partial charge on any atom is 0.157 e. The Bertz CT molecular complexity index is 393. The molecule has 0 spiro atoms. The second kappa shape index (κ2) is 6.07. The summed E-state index contributed by atoms with van der Waals surface area (Å²) in [5, 5.41) is 22.0. The van der Waals surface area contributed by atoms with Crippen molar-refractivity contribution < 1.29 is 10.2 Å². The van der Waals surface area contributed by atoms with Crippen molar-refractivity contribution >= 4 is 0 Å². The molecule has 1 heterocycles. The van der Waals surface area contributed by atoms with Crippen molar-refractivity contribution in [2.75, 3.05) is 26.7 Å². The van der Waals surface area contributed by atoms with E-state index in [0.29, 0.717) is 0 Å². The second-order valence-corrected chi connectivity index (χ2v) is 5.12. The van der Waals surface area contributed by atoms with Crippen LogP contribution in [0.1, 0.15) is 18.4 Å². The second-order valence-electron chi connectivity index (χ2n) is 5.12. The van der Waals surface area contributed by atoms with Gasteiger partial charge in [-0.25, -0.2) is 0 Å². The van der Waals surface area contributed by atoms with Crippen molar-refractivity contribution in [3.63, 3.8) is 0 Å². The molecule has 4 heteroatoms. The van der Waals surface area contributed by atoms with Gasteiger partial charge < -0.3 is 15.5 Å². The highest BCUT2D eigenvalue weighted by Gasteiger charge is 2.19. The molecule has 100 valence electrons. The number of phenols is 2. The van der Waals surface area contributed by atoms with Crippen LogP contribution < -0.4 is 5.32 Å². The van der Waals surface area contributed by atoms with Gasteiger partial charge >= 0.3 is 0 Å². The molecule has 18 heavy (non-hydrogen) atoms. The largest absolute Gasteiger partial charge is 0.504 e. The van der Waals surface area contributed by atoms with Gasteiger partial charge in [0, 0.05) is 13.1 Å². The highest BCUT2D eigenvalue weighted by Crippen LogP contribution is 2.26. The molecule has 2 rings (SSSR count). The van der Waals surface area contributed by atoms with Gasteiger partial charge in [-0.3, -0.25) is 4.90 Å². The van der Waals surface area contributed by atoms with Gasteiger partial charge in [0.2, 0.25) is 0 Å². The number of nitrogens with one attached hydrogen (secondary N) is 1. The summed E-state index contributed by atoms with van der Waals surface area (Å²) in [6.07, 6.45) is 2.52. The summed E-state index contributed by atoms with van der Waals surface area (Å²) in [4.78, 5) is 2.41. The fourth-order valence-corrected chi connectivity index (χ4v) is 2.68. The Kier molecular flexibility index (Phi) is 4.44. The van der Waals surface area contributed by atoms with Gasteiger partial charge in [0.05, 0.1) is 0 Å². The molecule has 0 amide bonds. The maximum atomic E-state index is 9.49. The van der Waals surface area contributed by atoms with E-state index in [2.05, 4.69) is 10.2 Å². The molecule has 1 aliphatic rings. The third kappa shape index (κ3) is 3.37. The molecular weight excluding hydrogens is 228 g/mol. The van der Waals surface area contributed by atoms with Crippen LogP contribution in [-0.2, 0) is 6.54 Å². The number of piperidine rings is 1. The zero-order valence-electron chi connectivity index (χ0n) is 10.9. The molecule has 0 aliphatic carbocycles. The molecule has 3 N–H and O–H groups in total. The fraction of sp³-hybridized carbons (Fsp3) is 0.571. The Balaban J connectivity index is 1.93. The average molecular weight is 250 g/mol. The van der Waals surface area contributed by atoms with Crippen molar-refractivity contribution in [3.8, 4) is 11.5 Å². The Labute approximate surface area is 108 Å². The fourth-order valence-electron chi connectivity index (χ4n) is 2.68. The SMILES string of the molecule is CNCC1CCCN(Cc2ccc(O)c(O)c2)C1. The lowest BCUT2D eigenvalue weighted by Gasteiger charge is -2.32. The highest BCUT2D eigenvalue weighted by molar-refractivity contribution is 5.40. The number of hydrogen-bond acceptors (Lipinski definition) is 4. The minimum Gasteiger partial charge on any atom is -0.504 e. The van der Waals surface area contributed by atoms with Crippen molar-refractivity contribution in [2.45, 2.75) is 19.4 Å². The molecule has 1 saturated heterocycles. The van der Waals surface area contributed by atoms with Crippen molar-refractivity contribution in [1.29, 1.82) is 0 Å². The first-order valence-electron chi connectivity index (χ1n) is 6.57. The van der Waals surface area contributed by atoms with Gasteiger partial charge in [-0.15, -0.1) is 0 Å². The number of aromatic hydroxyl groups is 2. The van der Waals surface area contributed by atoms with Gasteiger partial charge in [-0.05, 0) is 56.6 Å². The predicted octanol–water partition coefficient (Wildman–Crippen LogP) is 1.53. The molecule has 1 aliphatic heterocycles. The van der Waals surface area contributed by atoms with Crippen LogP contribution in [-0.4, -0.2) is 41.8 Å². The van der Waals surface area contributed by atoms with Gasteiger partial charge in [0.15, 0.2) is 11.5 Å². The van der Waals surface area contributed by atoms with Crippen molar-refractivity contribution in [1.82, 2.24) is 10.2 Å². The van der Waals surface area contributed by atoms with E-state index in [9.17, 15) is 10.2 Å². The third-order valence-corrected chi connectivity index (χ3v) is 3.54. The van der Waals surface area contributed by atoms with Gasteiger partial charge in [-0.1, -0.05) is 6.07 Å². The van der Waals surface area contributed by atoms with Gasteiger partial charge in [0.25, 0.3) is 0 Å². The normalized spacial score (nSPS) is 21.1. The monoisotopic (exact) mass is 250 g/mol. The summed E-state index contributed by atoms with van der Waals surface area (Å²) >= 11 is 0. The van der Waals surface area contributed by atoms with Crippen molar-refractivity contribution in [2.24, 2.45) is 5.92 Å². The Hall–Kier alpha value is -1.26.